The molecule has 0 saturated carbocycles. The van der Waals surface area contributed by atoms with Crippen LogP contribution >= 0.6 is 11.8 Å². The molecule has 0 amide bonds. The van der Waals surface area contributed by atoms with E-state index in [1.54, 1.807) is 30.2 Å². The maximum Gasteiger partial charge on any atom is 0.336 e. The predicted molar refractivity (Wildman–Crippen MR) is 115 cm³/mol. The van der Waals surface area contributed by atoms with Gasteiger partial charge in [0, 0.05) is 42.2 Å². The Bertz CT molecular complexity index is 1230. The summed E-state index contributed by atoms with van der Waals surface area (Å²) in [5.41, 5.74) is 4.54. The van der Waals surface area contributed by atoms with Crippen LogP contribution in [0.2, 0.25) is 0 Å². The van der Waals surface area contributed by atoms with Crippen molar-refractivity contribution in [1.82, 2.24) is 19.7 Å². The quantitative estimate of drug-likeness (QED) is 0.353. The van der Waals surface area contributed by atoms with Crippen LogP contribution in [-0.4, -0.2) is 19.7 Å². The predicted octanol–water partition coefficient (Wildman–Crippen LogP) is 4.71. The molecule has 0 atom stereocenters. The van der Waals surface area contributed by atoms with Crippen molar-refractivity contribution in [2.45, 2.75) is 37.6 Å². The molecule has 1 aromatic carbocycles. The van der Waals surface area contributed by atoms with Crippen molar-refractivity contribution in [2.24, 2.45) is 7.05 Å². The first-order chi connectivity index (χ1) is 13.9. The van der Waals surface area contributed by atoms with Crippen LogP contribution in [0.15, 0.2) is 57.1 Å². The van der Waals surface area contributed by atoms with Crippen molar-refractivity contribution in [2.75, 3.05) is 0 Å². The average molecular weight is 407 g/mol. The zero-order valence-electron chi connectivity index (χ0n) is 16.8. The summed E-state index contributed by atoms with van der Waals surface area (Å²) >= 11 is 1.55. The van der Waals surface area contributed by atoms with Crippen LogP contribution in [0.3, 0.4) is 0 Å². The third kappa shape index (κ3) is 3.82. The van der Waals surface area contributed by atoms with E-state index in [9.17, 15) is 4.79 Å². The molecule has 0 unspecified atom stereocenters. The van der Waals surface area contributed by atoms with Crippen molar-refractivity contribution in [1.29, 1.82) is 0 Å². The van der Waals surface area contributed by atoms with Gasteiger partial charge in [-0.15, -0.1) is 10.2 Å². The van der Waals surface area contributed by atoms with Crippen LogP contribution in [0.25, 0.3) is 22.4 Å². The lowest BCUT2D eigenvalue weighted by Gasteiger charge is -2.13. The van der Waals surface area contributed by atoms with Gasteiger partial charge in [-0.25, -0.2) is 4.79 Å². The molecule has 3 heterocycles. The first-order valence-corrected chi connectivity index (χ1v) is 10.4. The summed E-state index contributed by atoms with van der Waals surface area (Å²) in [5.74, 6) is 1.75. The Morgan fingerprint density at radius 1 is 1.21 bits per heavy atom. The maximum atomic E-state index is 12.1. The van der Waals surface area contributed by atoms with Gasteiger partial charge in [0.05, 0.1) is 0 Å². The number of fused-ring (bicyclic) bond motifs is 1. The van der Waals surface area contributed by atoms with E-state index < -0.39 is 0 Å². The second kappa shape index (κ2) is 7.83. The second-order valence-corrected chi connectivity index (χ2v) is 8.29. The highest BCUT2D eigenvalue weighted by atomic mass is 32.2. The lowest BCUT2D eigenvalue weighted by atomic mass is 9.95. The van der Waals surface area contributed by atoms with E-state index >= 15 is 0 Å². The van der Waals surface area contributed by atoms with Crippen molar-refractivity contribution >= 4 is 22.7 Å². The monoisotopic (exact) mass is 406 g/mol. The van der Waals surface area contributed by atoms with E-state index in [1.165, 1.54) is 5.56 Å². The molecule has 0 spiro atoms. The zero-order valence-corrected chi connectivity index (χ0v) is 17.7. The fraction of sp³-hybridized carbons (Fsp3) is 0.273. The Morgan fingerprint density at radius 3 is 2.76 bits per heavy atom. The molecule has 0 bridgehead atoms. The number of rotatable bonds is 5. The van der Waals surface area contributed by atoms with Gasteiger partial charge in [-0.05, 0) is 53.8 Å². The normalized spacial score (nSPS) is 11.5. The van der Waals surface area contributed by atoms with Gasteiger partial charge in [-0.1, -0.05) is 25.6 Å². The standard InChI is InChI=1S/C22H22N4O2S/c1-13(2)17-10-18-16(9-20(27)28-19(18)8-14(17)3)12-29-22-25-24-21(26(22)4)15-6-5-7-23-11-15/h5-11,13H,12H2,1-4H3. The van der Waals surface area contributed by atoms with E-state index in [2.05, 4.69) is 42.0 Å². The molecule has 0 aliphatic heterocycles. The molecule has 7 heteroatoms. The van der Waals surface area contributed by atoms with E-state index in [-0.39, 0.29) is 5.63 Å². The third-order valence-electron chi connectivity index (χ3n) is 4.95. The van der Waals surface area contributed by atoms with E-state index in [4.69, 9.17) is 4.42 Å². The highest BCUT2D eigenvalue weighted by molar-refractivity contribution is 7.98. The van der Waals surface area contributed by atoms with Gasteiger partial charge in [-0.2, -0.15) is 0 Å². The molecule has 4 aromatic rings. The van der Waals surface area contributed by atoms with Gasteiger partial charge in [-0.3, -0.25) is 4.98 Å². The second-order valence-electron chi connectivity index (χ2n) is 7.35. The number of nitrogens with zero attached hydrogens (tertiary/aromatic N) is 4. The van der Waals surface area contributed by atoms with E-state index in [1.807, 2.05) is 29.8 Å². The van der Waals surface area contributed by atoms with Crippen molar-refractivity contribution in [3.63, 3.8) is 0 Å². The smallest absolute Gasteiger partial charge is 0.336 e. The van der Waals surface area contributed by atoms with Gasteiger partial charge in [0.1, 0.15) is 5.58 Å². The first kappa shape index (κ1) is 19.4. The lowest BCUT2D eigenvalue weighted by Crippen LogP contribution is -2.02. The molecule has 0 fully saturated rings. The molecule has 6 nitrogen and oxygen atoms in total. The van der Waals surface area contributed by atoms with Crippen LogP contribution in [0.4, 0.5) is 0 Å². The van der Waals surface area contributed by atoms with Crippen molar-refractivity contribution in [3.8, 4) is 11.4 Å². The summed E-state index contributed by atoms with van der Waals surface area (Å²) in [6.07, 6.45) is 3.50. The fourth-order valence-electron chi connectivity index (χ4n) is 3.46. The van der Waals surface area contributed by atoms with Crippen LogP contribution in [0.5, 0.6) is 0 Å². The minimum Gasteiger partial charge on any atom is -0.423 e. The molecular formula is C22H22N4O2S. The molecular weight excluding hydrogens is 384 g/mol. The molecule has 4 rings (SSSR count). The molecule has 0 N–H and O–H groups in total. The first-order valence-electron chi connectivity index (χ1n) is 9.44. The van der Waals surface area contributed by atoms with Crippen LogP contribution in [0, 0.1) is 6.92 Å². The highest BCUT2D eigenvalue weighted by Gasteiger charge is 2.15. The van der Waals surface area contributed by atoms with E-state index in [0.717, 1.165) is 33.1 Å². The SMILES string of the molecule is Cc1cc2oc(=O)cc(CSc3nnc(-c4cccnc4)n3C)c2cc1C(C)C. The van der Waals surface area contributed by atoms with Gasteiger partial charge >= 0.3 is 5.63 Å². The number of hydrogen-bond acceptors (Lipinski definition) is 6. The largest absolute Gasteiger partial charge is 0.423 e. The van der Waals surface area contributed by atoms with Gasteiger partial charge in [0.2, 0.25) is 0 Å². The Hall–Kier alpha value is -2.93. The van der Waals surface area contributed by atoms with Crippen LogP contribution in [-0.2, 0) is 12.8 Å². The van der Waals surface area contributed by atoms with Gasteiger partial charge in [0.15, 0.2) is 11.0 Å². The molecule has 148 valence electrons. The molecule has 3 aromatic heterocycles. The minimum absolute atomic E-state index is 0.334. The van der Waals surface area contributed by atoms with Crippen molar-refractivity contribution < 1.29 is 4.42 Å². The number of pyridine rings is 1. The Balaban J connectivity index is 1.68. The van der Waals surface area contributed by atoms with Crippen molar-refractivity contribution in [3.05, 3.63) is 69.8 Å². The highest BCUT2D eigenvalue weighted by Crippen LogP contribution is 2.30. The number of hydrogen-bond donors (Lipinski definition) is 0. The van der Waals surface area contributed by atoms with Gasteiger partial charge < -0.3 is 8.98 Å². The summed E-state index contributed by atoms with van der Waals surface area (Å²) in [4.78, 5) is 16.2. The third-order valence-corrected chi connectivity index (χ3v) is 6.02. The summed E-state index contributed by atoms with van der Waals surface area (Å²) < 4.78 is 7.39. The Morgan fingerprint density at radius 2 is 2.03 bits per heavy atom. The molecule has 0 saturated heterocycles. The molecule has 0 radical (unpaired) electrons. The van der Waals surface area contributed by atoms with Gasteiger partial charge in [0.25, 0.3) is 0 Å². The van der Waals surface area contributed by atoms with Crippen LogP contribution < -0.4 is 5.63 Å². The molecule has 0 aliphatic carbocycles. The number of aryl methyl sites for hydroxylation is 1. The summed E-state index contributed by atoms with van der Waals surface area (Å²) in [7, 11) is 1.93. The summed E-state index contributed by atoms with van der Waals surface area (Å²) in [5, 5.41) is 10.4. The Kier molecular flexibility index (Phi) is 5.24. The number of thioether (sulfide) groups is 1. The average Bonchev–Trinajstić information content (AvgIpc) is 3.06. The number of aromatic nitrogens is 4. The summed E-state index contributed by atoms with van der Waals surface area (Å²) in [6, 6.07) is 9.51. The Labute approximate surface area is 173 Å². The zero-order chi connectivity index (χ0) is 20.5. The van der Waals surface area contributed by atoms with Crippen LogP contribution in [0.1, 0.15) is 36.5 Å². The lowest BCUT2D eigenvalue weighted by molar-refractivity contribution is 0.559. The van der Waals surface area contributed by atoms with E-state index in [0.29, 0.717) is 17.3 Å². The summed E-state index contributed by atoms with van der Waals surface area (Å²) in [6.45, 7) is 6.39. The molecule has 0 aliphatic rings. The minimum atomic E-state index is -0.334. The number of benzene rings is 1. The fourth-order valence-corrected chi connectivity index (χ4v) is 4.36. The maximum absolute atomic E-state index is 12.1. The topological polar surface area (TPSA) is 73.8 Å². The molecule has 29 heavy (non-hydrogen) atoms.